The first-order chi connectivity index (χ1) is 13.6. The van der Waals surface area contributed by atoms with Crippen LogP contribution in [-0.4, -0.2) is 72.0 Å². The van der Waals surface area contributed by atoms with Gasteiger partial charge in [0.2, 0.25) is 0 Å². The van der Waals surface area contributed by atoms with Crippen molar-refractivity contribution in [3.63, 3.8) is 0 Å². The van der Waals surface area contributed by atoms with Gasteiger partial charge in [-0.25, -0.2) is 9.97 Å². The minimum Gasteiger partial charge on any atom is -0.356 e. The molecule has 28 heavy (non-hydrogen) atoms. The average Bonchev–Trinajstić information content (AvgIpc) is 2.74. The van der Waals surface area contributed by atoms with Crippen molar-refractivity contribution in [2.24, 2.45) is 5.92 Å². The molecule has 1 aromatic carbocycles. The first-order valence-corrected chi connectivity index (χ1v) is 10.3. The number of aromatic nitrogens is 2. The summed E-state index contributed by atoms with van der Waals surface area (Å²) < 4.78 is 0. The highest BCUT2D eigenvalue weighted by Crippen LogP contribution is 2.25. The molecular weight excluding hydrogens is 350 g/mol. The maximum absolute atomic E-state index is 13.2. The standard InChI is InChI=1S/C22H29N5O/c1-17-7-6-10-27(16-17)20-15-19(22(28)26-13-11-25(2)12-14-26)23-21(24-20)18-8-4-3-5-9-18/h3-5,8-9,15,17H,6-7,10-14,16H2,1-2H3. The molecule has 0 aliphatic carbocycles. The number of nitrogens with zero attached hydrogens (tertiary/aromatic N) is 5. The zero-order valence-corrected chi connectivity index (χ0v) is 16.8. The molecule has 2 aromatic rings. The lowest BCUT2D eigenvalue weighted by Gasteiger charge is -2.33. The van der Waals surface area contributed by atoms with E-state index in [0.717, 1.165) is 57.1 Å². The zero-order chi connectivity index (χ0) is 19.5. The summed E-state index contributed by atoms with van der Waals surface area (Å²) in [7, 11) is 2.09. The predicted octanol–water partition coefficient (Wildman–Crippen LogP) is 2.77. The summed E-state index contributed by atoms with van der Waals surface area (Å²) in [6.45, 7) is 7.54. The Morgan fingerprint density at radius 1 is 1.04 bits per heavy atom. The monoisotopic (exact) mass is 379 g/mol. The zero-order valence-electron chi connectivity index (χ0n) is 16.8. The van der Waals surface area contributed by atoms with Gasteiger partial charge in [0.25, 0.3) is 5.91 Å². The van der Waals surface area contributed by atoms with Crippen LogP contribution >= 0.6 is 0 Å². The molecule has 4 rings (SSSR count). The van der Waals surface area contributed by atoms with Gasteiger partial charge in [-0.1, -0.05) is 37.3 Å². The summed E-state index contributed by atoms with van der Waals surface area (Å²) in [6, 6.07) is 11.8. The third-order valence-corrected chi connectivity index (χ3v) is 5.74. The Hall–Kier alpha value is -2.47. The van der Waals surface area contributed by atoms with E-state index in [-0.39, 0.29) is 5.91 Å². The van der Waals surface area contributed by atoms with Crippen molar-refractivity contribution in [1.82, 2.24) is 19.8 Å². The Bertz CT molecular complexity index is 817. The molecule has 148 valence electrons. The summed E-state index contributed by atoms with van der Waals surface area (Å²) in [4.78, 5) is 29.2. The molecule has 2 saturated heterocycles. The van der Waals surface area contributed by atoms with Crippen LogP contribution in [0.3, 0.4) is 0 Å². The smallest absolute Gasteiger partial charge is 0.272 e. The van der Waals surface area contributed by atoms with Crippen molar-refractivity contribution in [2.75, 3.05) is 51.2 Å². The fourth-order valence-electron chi connectivity index (χ4n) is 3.99. The van der Waals surface area contributed by atoms with E-state index in [1.807, 2.05) is 41.3 Å². The normalized spacial score (nSPS) is 21.0. The van der Waals surface area contributed by atoms with Gasteiger partial charge in [-0.05, 0) is 25.8 Å². The average molecular weight is 380 g/mol. The molecule has 6 heteroatoms. The maximum Gasteiger partial charge on any atom is 0.272 e. The number of benzene rings is 1. The number of carbonyl (C=O) groups is 1. The third kappa shape index (κ3) is 4.17. The highest BCUT2D eigenvalue weighted by molar-refractivity contribution is 5.93. The second kappa shape index (κ2) is 8.27. The first-order valence-electron chi connectivity index (χ1n) is 10.3. The van der Waals surface area contributed by atoms with E-state index in [9.17, 15) is 4.79 Å². The molecule has 0 radical (unpaired) electrons. The molecule has 1 amide bonds. The summed E-state index contributed by atoms with van der Waals surface area (Å²) in [5, 5.41) is 0. The van der Waals surface area contributed by atoms with Crippen LogP contribution in [0.4, 0.5) is 5.82 Å². The number of likely N-dealkylation sites (N-methyl/N-ethyl adjacent to an activating group) is 1. The molecule has 0 saturated carbocycles. The van der Waals surface area contributed by atoms with Crippen LogP contribution in [0.2, 0.25) is 0 Å². The summed E-state index contributed by atoms with van der Waals surface area (Å²) in [6.07, 6.45) is 2.41. The minimum absolute atomic E-state index is 0.0130. The number of anilines is 1. The molecule has 0 N–H and O–H groups in total. The largest absolute Gasteiger partial charge is 0.356 e. The summed E-state index contributed by atoms with van der Waals surface area (Å²) in [5.74, 6) is 2.16. The van der Waals surface area contributed by atoms with Gasteiger partial charge in [-0.15, -0.1) is 0 Å². The molecule has 3 heterocycles. The minimum atomic E-state index is 0.0130. The van der Waals surface area contributed by atoms with Gasteiger partial charge < -0.3 is 14.7 Å². The molecule has 1 aromatic heterocycles. The molecule has 2 aliphatic rings. The van der Waals surface area contributed by atoms with E-state index in [1.165, 1.54) is 6.42 Å². The number of carbonyl (C=O) groups excluding carboxylic acids is 1. The van der Waals surface area contributed by atoms with Crippen LogP contribution in [0.1, 0.15) is 30.3 Å². The second-order valence-electron chi connectivity index (χ2n) is 8.09. The van der Waals surface area contributed by atoms with Gasteiger partial charge in [0.05, 0.1) is 0 Å². The molecule has 2 aliphatic heterocycles. The van der Waals surface area contributed by atoms with Gasteiger partial charge in [-0.2, -0.15) is 0 Å². The second-order valence-corrected chi connectivity index (χ2v) is 8.09. The van der Waals surface area contributed by atoms with Crippen molar-refractivity contribution in [3.05, 3.63) is 42.1 Å². The fraction of sp³-hybridized carbons (Fsp3) is 0.500. The van der Waals surface area contributed by atoms with E-state index in [0.29, 0.717) is 17.4 Å². The molecule has 0 bridgehead atoms. The lowest BCUT2D eigenvalue weighted by Crippen LogP contribution is -2.47. The quantitative estimate of drug-likeness (QED) is 0.821. The number of amides is 1. The van der Waals surface area contributed by atoms with Crippen molar-refractivity contribution in [2.45, 2.75) is 19.8 Å². The summed E-state index contributed by atoms with van der Waals surface area (Å²) >= 11 is 0. The highest BCUT2D eigenvalue weighted by Gasteiger charge is 2.25. The topological polar surface area (TPSA) is 52.6 Å². The number of hydrogen-bond donors (Lipinski definition) is 0. The van der Waals surface area contributed by atoms with E-state index in [2.05, 4.69) is 28.8 Å². The molecule has 6 nitrogen and oxygen atoms in total. The lowest BCUT2D eigenvalue weighted by molar-refractivity contribution is 0.0658. The third-order valence-electron chi connectivity index (χ3n) is 5.74. The molecule has 1 unspecified atom stereocenters. The Morgan fingerprint density at radius 2 is 1.79 bits per heavy atom. The Balaban J connectivity index is 1.68. The Kier molecular flexibility index (Phi) is 5.57. The molecule has 0 spiro atoms. The maximum atomic E-state index is 13.2. The molecule has 2 fully saturated rings. The van der Waals surface area contributed by atoms with Crippen molar-refractivity contribution in [3.8, 4) is 11.4 Å². The first kappa shape index (κ1) is 18.9. The number of hydrogen-bond acceptors (Lipinski definition) is 5. The Morgan fingerprint density at radius 3 is 2.50 bits per heavy atom. The molecule has 1 atom stereocenters. The highest BCUT2D eigenvalue weighted by atomic mass is 16.2. The number of piperidine rings is 1. The van der Waals surface area contributed by atoms with Crippen molar-refractivity contribution >= 4 is 11.7 Å². The van der Waals surface area contributed by atoms with Gasteiger partial charge in [0.1, 0.15) is 11.5 Å². The van der Waals surface area contributed by atoms with Crippen LogP contribution in [0.5, 0.6) is 0 Å². The van der Waals surface area contributed by atoms with Crippen LogP contribution in [0, 0.1) is 5.92 Å². The van der Waals surface area contributed by atoms with Crippen LogP contribution < -0.4 is 4.90 Å². The van der Waals surface area contributed by atoms with E-state index >= 15 is 0 Å². The van der Waals surface area contributed by atoms with Crippen LogP contribution in [-0.2, 0) is 0 Å². The fourth-order valence-corrected chi connectivity index (χ4v) is 3.99. The van der Waals surface area contributed by atoms with Gasteiger partial charge in [0.15, 0.2) is 5.82 Å². The summed E-state index contributed by atoms with van der Waals surface area (Å²) in [5.41, 5.74) is 1.45. The van der Waals surface area contributed by atoms with Crippen LogP contribution in [0.15, 0.2) is 36.4 Å². The van der Waals surface area contributed by atoms with E-state index < -0.39 is 0 Å². The lowest BCUT2D eigenvalue weighted by atomic mass is 10.0. The van der Waals surface area contributed by atoms with E-state index in [1.54, 1.807) is 0 Å². The van der Waals surface area contributed by atoms with Crippen molar-refractivity contribution in [1.29, 1.82) is 0 Å². The number of piperazine rings is 1. The molecular formula is C22H29N5O. The van der Waals surface area contributed by atoms with Gasteiger partial charge in [-0.3, -0.25) is 4.79 Å². The van der Waals surface area contributed by atoms with E-state index in [4.69, 9.17) is 4.98 Å². The number of rotatable bonds is 3. The van der Waals surface area contributed by atoms with Gasteiger partial charge in [0, 0.05) is 50.9 Å². The van der Waals surface area contributed by atoms with Gasteiger partial charge >= 0.3 is 0 Å². The predicted molar refractivity (Wildman–Crippen MR) is 111 cm³/mol. The van der Waals surface area contributed by atoms with Crippen LogP contribution in [0.25, 0.3) is 11.4 Å². The van der Waals surface area contributed by atoms with Crippen molar-refractivity contribution < 1.29 is 4.79 Å². The SMILES string of the molecule is CC1CCCN(c2cc(C(=O)N3CCN(C)CC3)nc(-c3ccccc3)n2)C1. The Labute approximate surface area is 167 Å².